The van der Waals surface area contributed by atoms with Gasteiger partial charge in [0.25, 0.3) is 0 Å². The molecule has 0 saturated heterocycles. The van der Waals surface area contributed by atoms with Gasteiger partial charge >= 0.3 is 0 Å². The van der Waals surface area contributed by atoms with Crippen LogP contribution in [0.3, 0.4) is 0 Å². The fraction of sp³-hybridized carbons (Fsp3) is 0.600. The minimum absolute atomic E-state index is 0.104. The van der Waals surface area contributed by atoms with Crippen LogP contribution in [0.4, 0.5) is 0 Å². The smallest absolute Gasteiger partial charge is 0.220 e. The molecular formula is C10H18N2OS. The zero-order chi connectivity index (χ0) is 10.8. The van der Waals surface area contributed by atoms with Gasteiger partial charge in [-0.25, -0.2) is 4.98 Å². The lowest BCUT2D eigenvalue weighted by Gasteiger charge is -1.99. The number of amides is 1. The number of hydrogen-bond donors (Lipinski definition) is 1. The molecule has 1 aromatic heterocycles. The van der Waals surface area contributed by atoms with Crippen molar-refractivity contribution in [2.45, 2.75) is 40.2 Å². The molecule has 1 heterocycles. The first-order chi connectivity index (χ1) is 6.83. The van der Waals surface area contributed by atoms with Crippen LogP contribution < -0.4 is 5.32 Å². The van der Waals surface area contributed by atoms with E-state index >= 15 is 0 Å². The van der Waals surface area contributed by atoms with Crippen LogP contribution in [-0.2, 0) is 11.3 Å². The molecule has 80 valence electrons. The molecule has 0 spiro atoms. The third kappa shape index (κ3) is 5.70. The van der Waals surface area contributed by atoms with Gasteiger partial charge in [-0.3, -0.25) is 4.79 Å². The fourth-order valence-corrected chi connectivity index (χ4v) is 1.39. The van der Waals surface area contributed by atoms with Crippen LogP contribution in [0.25, 0.3) is 0 Å². The van der Waals surface area contributed by atoms with Gasteiger partial charge in [0, 0.05) is 18.0 Å². The summed E-state index contributed by atoms with van der Waals surface area (Å²) < 4.78 is 0. The van der Waals surface area contributed by atoms with Crippen molar-refractivity contribution < 1.29 is 4.79 Å². The number of carbonyl (C=O) groups excluding carboxylic acids is 1. The Bertz CT molecular complexity index is 234. The van der Waals surface area contributed by atoms with Crippen LogP contribution in [0, 0.1) is 0 Å². The number of aromatic nitrogens is 1. The van der Waals surface area contributed by atoms with Gasteiger partial charge in [0.2, 0.25) is 5.91 Å². The second-order valence-corrected chi connectivity index (χ2v) is 3.43. The first kappa shape index (κ1) is 13.1. The monoisotopic (exact) mass is 214 g/mol. The summed E-state index contributed by atoms with van der Waals surface area (Å²) in [6.07, 6.45) is 3.24. The normalized spacial score (nSPS) is 8.79. The van der Waals surface area contributed by atoms with E-state index in [1.165, 1.54) is 0 Å². The van der Waals surface area contributed by atoms with Crippen molar-refractivity contribution in [3.63, 3.8) is 0 Å². The molecule has 0 saturated carbocycles. The van der Waals surface area contributed by atoms with Crippen LogP contribution in [0.15, 0.2) is 11.6 Å². The molecule has 1 rings (SSSR count). The molecule has 0 atom stereocenters. The number of thiazole rings is 1. The Morgan fingerprint density at radius 2 is 2.29 bits per heavy atom. The molecule has 0 fully saturated rings. The van der Waals surface area contributed by atoms with E-state index in [-0.39, 0.29) is 5.91 Å². The molecule has 3 nitrogen and oxygen atoms in total. The molecule has 0 aromatic carbocycles. The quantitative estimate of drug-likeness (QED) is 0.837. The van der Waals surface area contributed by atoms with Gasteiger partial charge in [0.05, 0.1) is 6.54 Å². The van der Waals surface area contributed by atoms with Gasteiger partial charge in [-0.15, -0.1) is 11.3 Å². The van der Waals surface area contributed by atoms with Gasteiger partial charge < -0.3 is 5.32 Å². The molecule has 0 radical (unpaired) electrons. The SMILES string of the molecule is CC.CCCC(=O)NCc1nccs1. The summed E-state index contributed by atoms with van der Waals surface area (Å²) in [5, 5.41) is 5.66. The summed E-state index contributed by atoms with van der Waals surface area (Å²) in [4.78, 5) is 15.1. The van der Waals surface area contributed by atoms with E-state index in [1.807, 2.05) is 26.2 Å². The molecule has 1 N–H and O–H groups in total. The third-order valence-electron chi connectivity index (χ3n) is 1.40. The average molecular weight is 214 g/mol. The van der Waals surface area contributed by atoms with E-state index in [4.69, 9.17) is 0 Å². The Hall–Kier alpha value is -0.900. The van der Waals surface area contributed by atoms with E-state index in [9.17, 15) is 4.79 Å². The molecule has 0 unspecified atom stereocenters. The molecule has 0 aliphatic rings. The summed E-state index contributed by atoms with van der Waals surface area (Å²) in [7, 11) is 0. The summed E-state index contributed by atoms with van der Waals surface area (Å²) in [5.74, 6) is 0.104. The van der Waals surface area contributed by atoms with Gasteiger partial charge in [0.15, 0.2) is 0 Å². The number of carbonyl (C=O) groups is 1. The lowest BCUT2D eigenvalue weighted by molar-refractivity contribution is -0.121. The maximum Gasteiger partial charge on any atom is 0.220 e. The van der Waals surface area contributed by atoms with Crippen molar-refractivity contribution in [2.24, 2.45) is 0 Å². The van der Waals surface area contributed by atoms with Crippen LogP contribution in [-0.4, -0.2) is 10.9 Å². The van der Waals surface area contributed by atoms with Crippen LogP contribution in [0.2, 0.25) is 0 Å². The molecular weight excluding hydrogens is 196 g/mol. The van der Waals surface area contributed by atoms with Crippen LogP contribution >= 0.6 is 11.3 Å². The van der Waals surface area contributed by atoms with Gasteiger partial charge in [-0.1, -0.05) is 20.8 Å². The summed E-state index contributed by atoms with van der Waals surface area (Å²) in [6.45, 7) is 6.56. The molecule has 14 heavy (non-hydrogen) atoms. The van der Waals surface area contributed by atoms with Crippen molar-refractivity contribution in [1.29, 1.82) is 0 Å². The van der Waals surface area contributed by atoms with Crippen molar-refractivity contribution >= 4 is 17.2 Å². The third-order valence-corrected chi connectivity index (χ3v) is 2.18. The lowest BCUT2D eigenvalue weighted by atomic mass is 10.3. The Morgan fingerprint density at radius 3 is 2.79 bits per heavy atom. The van der Waals surface area contributed by atoms with E-state index in [2.05, 4.69) is 10.3 Å². The second kappa shape index (κ2) is 8.69. The molecule has 1 aromatic rings. The second-order valence-electron chi connectivity index (χ2n) is 2.45. The highest BCUT2D eigenvalue weighted by Gasteiger charge is 1.99. The summed E-state index contributed by atoms with van der Waals surface area (Å²) in [6, 6.07) is 0. The molecule has 4 heteroatoms. The minimum atomic E-state index is 0.104. The van der Waals surface area contributed by atoms with Crippen molar-refractivity contribution in [2.75, 3.05) is 0 Å². The van der Waals surface area contributed by atoms with Crippen LogP contribution in [0.5, 0.6) is 0 Å². The number of hydrogen-bond acceptors (Lipinski definition) is 3. The predicted octanol–water partition coefficient (Wildman–Crippen LogP) is 2.59. The predicted molar refractivity (Wildman–Crippen MR) is 60.2 cm³/mol. The topological polar surface area (TPSA) is 42.0 Å². The largest absolute Gasteiger partial charge is 0.350 e. The zero-order valence-electron chi connectivity index (χ0n) is 9.04. The van der Waals surface area contributed by atoms with Crippen molar-refractivity contribution in [1.82, 2.24) is 10.3 Å². The number of rotatable bonds is 4. The minimum Gasteiger partial charge on any atom is -0.350 e. The standard InChI is InChI=1S/C8H12N2OS.C2H6/c1-2-3-7(11)10-6-8-9-4-5-12-8;1-2/h4-5H,2-3,6H2,1H3,(H,10,11);1-2H3. The maximum atomic E-state index is 11.0. The molecule has 0 aliphatic carbocycles. The fourth-order valence-electron chi connectivity index (χ4n) is 0.830. The van der Waals surface area contributed by atoms with Crippen molar-refractivity contribution in [3.8, 4) is 0 Å². The Balaban J connectivity index is 0.000000791. The van der Waals surface area contributed by atoms with E-state index in [0.717, 1.165) is 11.4 Å². The molecule has 1 amide bonds. The lowest BCUT2D eigenvalue weighted by Crippen LogP contribution is -2.21. The van der Waals surface area contributed by atoms with Gasteiger partial charge in [-0.05, 0) is 6.42 Å². The number of nitrogens with zero attached hydrogens (tertiary/aromatic N) is 1. The van der Waals surface area contributed by atoms with E-state index < -0.39 is 0 Å². The number of nitrogens with one attached hydrogen (secondary N) is 1. The highest BCUT2D eigenvalue weighted by Crippen LogP contribution is 2.02. The molecule has 0 aliphatic heterocycles. The Kier molecular flexibility index (Phi) is 8.13. The van der Waals surface area contributed by atoms with E-state index in [0.29, 0.717) is 13.0 Å². The zero-order valence-corrected chi connectivity index (χ0v) is 9.86. The molecule has 0 bridgehead atoms. The summed E-state index contributed by atoms with van der Waals surface area (Å²) in [5.41, 5.74) is 0. The highest BCUT2D eigenvalue weighted by molar-refractivity contribution is 7.09. The van der Waals surface area contributed by atoms with Gasteiger partial charge in [0.1, 0.15) is 5.01 Å². The Morgan fingerprint density at radius 1 is 1.57 bits per heavy atom. The summed E-state index contributed by atoms with van der Waals surface area (Å²) >= 11 is 1.56. The van der Waals surface area contributed by atoms with E-state index in [1.54, 1.807) is 17.5 Å². The van der Waals surface area contributed by atoms with Gasteiger partial charge in [-0.2, -0.15) is 0 Å². The maximum absolute atomic E-state index is 11.0. The first-order valence-corrected chi connectivity index (χ1v) is 5.86. The average Bonchev–Trinajstić information content (AvgIpc) is 2.71. The highest BCUT2D eigenvalue weighted by atomic mass is 32.1. The van der Waals surface area contributed by atoms with Crippen molar-refractivity contribution in [3.05, 3.63) is 16.6 Å². The first-order valence-electron chi connectivity index (χ1n) is 4.98. The Labute approximate surface area is 89.6 Å². The van der Waals surface area contributed by atoms with Crippen LogP contribution in [0.1, 0.15) is 38.6 Å².